The lowest BCUT2D eigenvalue weighted by Gasteiger charge is -2.13. The maximum absolute atomic E-state index is 12.0. The van der Waals surface area contributed by atoms with Crippen LogP contribution >= 0.6 is 0 Å². The minimum atomic E-state index is -0.0667. The fourth-order valence-corrected chi connectivity index (χ4v) is 2.13. The lowest BCUT2D eigenvalue weighted by Crippen LogP contribution is -2.29. The first-order valence-corrected chi connectivity index (χ1v) is 8.13. The molecule has 0 heterocycles. The van der Waals surface area contributed by atoms with Crippen molar-refractivity contribution in [1.82, 2.24) is 5.32 Å². The molecule has 0 aliphatic heterocycles. The average Bonchev–Trinajstić information content (AvgIpc) is 2.63. The van der Waals surface area contributed by atoms with Gasteiger partial charge in [-0.05, 0) is 24.6 Å². The van der Waals surface area contributed by atoms with E-state index in [0.717, 1.165) is 11.3 Å². The van der Waals surface area contributed by atoms with Crippen molar-refractivity contribution in [3.05, 3.63) is 60.2 Å². The van der Waals surface area contributed by atoms with E-state index in [2.05, 4.69) is 10.6 Å². The molecular weight excluding hydrogens is 304 g/mol. The van der Waals surface area contributed by atoms with Crippen LogP contribution in [0.1, 0.15) is 12.5 Å². The van der Waals surface area contributed by atoms with E-state index in [0.29, 0.717) is 32.1 Å². The number of carbonyl (C=O) groups excluding carboxylic acids is 1. The van der Waals surface area contributed by atoms with Crippen molar-refractivity contribution in [1.29, 1.82) is 0 Å². The Kier molecular flexibility index (Phi) is 7.63. The maximum atomic E-state index is 12.0. The molecule has 128 valence electrons. The lowest BCUT2D eigenvalue weighted by molar-refractivity contribution is -0.119. The highest BCUT2D eigenvalue weighted by Crippen LogP contribution is 2.23. The summed E-state index contributed by atoms with van der Waals surface area (Å²) >= 11 is 0. The second-order valence-corrected chi connectivity index (χ2v) is 5.16. The van der Waals surface area contributed by atoms with Crippen LogP contribution in [0.5, 0.6) is 5.75 Å². The Balaban J connectivity index is 1.77. The average molecular weight is 328 g/mol. The summed E-state index contributed by atoms with van der Waals surface area (Å²) in [5, 5.41) is 6.00. The quantitative estimate of drug-likeness (QED) is 0.659. The molecule has 1 amide bonds. The first-order chi connectivity index (χ1) is 11.8. The molecule has 2 rings (SSSR count). The highest BCUT2D eigenvalue weighted by molar-refractivity contribution is 5.81. The van der Waals surface area contributed by atoms with Gasteiger partial charge in [0.25, 0.3) is 0 Å². The van der Waals surface area contributed by atoms with Gasteiger partial charge in [-0.25, -0.2) is 0 Å². The Bertz CT molecular complexity index is 617. The largest absolute Gasteiger partial charge is 0.489 e. The number of amides is 1. The monoisotopic (exact) mass is 328 g/mol. The van der Waals surface area contributed by atoms with Gasteiger partial charge in [0, 0.05) is 13.2 Å². The molecule has 0 aliphatic rings. The molecule has 0 fully saturated rings. The second kappa shape index (κ2) is 10.3. The van der Waals surface area contributed by atoms with Gasteiger partial charge in [-0.2, -0.15) is 0 Å². The Hall–Kier alpha value is -2.53. The number of hydrogen-bond donors (Lipinski definition) is 2. The predicted octanol–water partition coefficient (Wildman–Crippen LogP) is 2.83. The van der Waals surface area contributed by atoms with Crippen LogP contribution in [0.3, 0.4) is 0 Å². The Morgan fingerprint density at radius 2 is 1.75 bits per heavy atom. The summed E-state index contributed by atoms with van der Waals surface area (Å²) < 4.78 is 10.9. The summed E-state index contributed by atoms with van der Waals surface area (Å²) in [6, 6.07) is 17.4. The van der Waals surface area contributed by atoms with Crippen molar-refractivity contribution < 1.29 is 14.3 Å². The Labute approximate surface area is 143 Å². The fraction of sp³-hybridized carbons (Fsp3) is 0.316. The summed E-state index contributed by atoms with van der Waals surface area (Å²) in [6.07, 6.45) is 0. The predicted molar refractivity (Wildman–Crippen MR) is 95.2 cm³/mol. The first kappa shape index (κ1) is 17.8. The van der Waals surface area contributed by atoms with Crippen molar-refractivity contribution in [2.45, 2.75) is 13.5 Å². The number of ether oxygens (including phenoxy) is 2. The summed E-state index contributed by atoms with van der Waals surface area (Å²) in [7, 11) is 0. The minimum Gasteiger partial charge on any atom is -0.489 e. The molecule has 24 heavy (non-hydrogen) atoms. The van der Waals surface area contributed by atoms with Crippen LogP contribution in [-0.2, 0) is 16.1 Å². The SMILES string of the molecule is CCOCCOc1ccccc1NCC(=O)NCc1ccccc1. The summed E-state index contributed by atoms with van der Waals surface area (Å²) in [5.41, 5.74) is 1.87. The maximum Gasteiger partial charge on any atom is 0.239 e. The molecular formula is C19H24N2O3. The number of benzene rings is 2. The summed E-state index contributed by atoms with van der Waals surface area (Å²) in [5.74, 6) is 0.649. The van der Waals surface area contributed by atoms with E-state index >= 15 is 0 Å². The third kappa shape index (κ3) is 6.30. The number of para-hydroxylation sites is 2. The van der Waals surface area contributed by atoms with E-state index in [1.165, 1.54) is 0 Å². The molecule has 0 aromatic heterocycles. The molecule has 0 unspecified atom stereocenters. The van der Waals surface area contributed by atoms with E-state index in [9.17, 15) is 4.79 Å². The standard InChI is InChI=1S/C19H24N2O3/c1-2-23-12-13-24-18-11-7-6-10-17(18)20-15-19(22)21-14-16-8-4-3-5-9-16/h3-11,20H,2,12-15H2,1H3,(H,21,22). The van der Waals surface area contributed by atoms with Crippen LogP contribution in [0, 0.1) is 0 Å². The Morgan fingerprint density at radius 1 is 1.00 bits per heavy atom. The minimum absolute atomic E-state index is 0.0667. The van der Waals surface area contributed by atoms with Crippen LogP contribution < -0.4 is 15.4 Å². The van der Waals surface area contributed by atoms with Crippen LogP contribution in [-0.4, -0.2) is 32.3 Å². The van der Waals surface area contributed by atoms with Crippen molar-refractivity contribution in [2.24, 2.45) is 0 Å². The van der Waals surface area contributed by atoms with E-state index in [4.69, 9.17) is 9.47 Å². The van der Waals surface area contributed by atoms with Gasteiger partial charge in [0.05, 0.1) is 18.8 Å². The molecule has 5 heteroatoms. The normalized spacial score (nSPS) is 10.2. The van der Waals surface area contributed by atoms with Crippen LogP contribution in [0.4, 0.5) is 5.69 Å². The van der Waals surface area contributed by atoms with Crippen molar-refractivity contribution in [2.75, 3.05) is 31.7 Å². The molecule has 0 saturated heterocycles. The van der Waals surface area contributed by atoms with Crippen LogP contribution in [0.25, 0.3) is 0 Å². The van der Waals surface area contributed by atoms with E-state index in [-0.39, 0.29) is 12.5 Å². The summed E-state index contributed by atoms with van der Waals surface area (Å²) in [6.45, 7) is 4.36. The number of hydrogen-bond acceptors (Lipinski definition) is 4. The van der Waals surface area contributed by atoms with Gasteiger partial charge in [-0.3, -0.25) is 4.79 Å². The van der Waals surface area contributed by atoms with E-state index in [1.54, 1.807) is 0 Å². The topological polar surface area (TPSA) is 59.6 Å². The molecule has 2 aromatic carbocycles. The molecule has 0 bridgehead atoms. The van der Waals surface area contributed by atoms with Crippen molar-refractivity contribution in [3.63, 3.8) is 0 Å². The number of rotatable bonds is 10. The summed E-state index contributed by atoms with van der Waals surface area (Å²) in [4.78, 5) is 12.0. The molecule has 0 atom stereocenters. The molecule has 2 N–H and O–H groups in total. The number of carbonyl (C=O) groups is 1. The third-order valence-electron chi connectivity index (χ3n) is 3.35. The fourth-order valence-electron chi connectivity index (χ4n) is 2.13. The van der Waals surface area contributed by atoms with Gasteiger partial charge < -0.3 is 20.1 Å². The zero-order valence-electron chi connectivity index (χ0n) is 14.0. The number of nitrogens with one attached hydrogen (secondary N) is 2. The number of anilines is 1. The van der Waals surface area contributed by atoms with Gasteiger partial charge in [0.2, 0.25) is 5.91 Å². The smallest absolute Gasteiger partial charge is 0.239 e. The molecule has 0 saturated carbocycles. The van der Waals surface area contributed by atoms with Crippen LogP contribution in [0.15, 0.2) is 54.6 Å². The second-order valence-electron chi connectivity index (χ2n) is 5.16. The lowest BCUT2D eigenvalue weighted by atomic mass is 10.2. The highest BCUT2D eigenvalue weighted by Gasteiger charge is 2.05. The van der Waals surface area contributed by atoms with Crippen LogP contribution in [0.2, 0.25) is 0 Å². The zero-order chi connectivity index (χ0) is 17.0. The van der Waals surface area contributed by atoms with Gasteiger partial charge in [0.15, 0.2) is 0 Å². The van der Waals surface area contributed by atoms with E-state index < -0.39 is 0 Å². The van der Waals surface area contributed by atoms with E-state index in [1.807, 2.05) is 61.5 Å². The van der Waals surface area contributed by atoms with Gasteiger partial charge >= 0.3 is 0 Å². The van der Waals surface area contributed by atoms with Gasteiger partial charge in [0.1, 0.15) is 12.4 Å². The van der Waals surface area contributed by atoms with Gasteiger partial charge in [-0.15, -0.1) is 0 Å². The first-order valence-electron chi connectivity index (χ1n) is 8.13. The molecule has 0 spiro atoms. The Morgan fingerprint density at radius 3 is 2.54 bits per heavy atom. The van der Waals surface area contributed by atoms with Gasteiger partial charge in [-0.1, -0.05) is 42.5 Å². The zero-order valence-corrected chi connectivity index (χ0v) is 14.0. The molecule has 0 aliphatic carbocycles. The third-order valence-corrected chi connectivity index (χ3v) is 3.35. The molecule has 0 radical (unpaired) electrons. The van der Waals surface area contributed by atoms with Crippen molar-refractivity contribution >= 4 is 11.6 Å². The molecule has 2 aromatic rings. The highest BCUT2D eigenvalue weighted by atomic mass is 16.5. The molecule has 5 nitrogen and oxygen atoms in total. The van der Waals surface area contributed by atoms with Crippen molar-refractivity contribution in [3.8, 4) is 5.75 Å².